The number of aliphatic carboxylic acids is 1. The first kappa shape index (κ1) is 16.4. The predicted molar refractivity (Wildman–Crippen MR) is 78.3 cm³/mol. The van der Waals surface area contributed by atoms with Crippen molar-refractivity contribution in [2.45, 2.75) is 59.0 Å². The molecule has 0 aromatic carbocycles. The van der Waals surface area contributed by atoms with E-state index < -0.39 is 12.0 Å². The van der Waals surface area contributed by atoms with Crippen LogP contribution in [0.2, 0.25) is 0 Å². The first-order chi connectivity index (χ1) is 8.90. The van der Waals surface area contributed by atoms with Crippen LogP contribution in [-0.4, -0.2) is 47.7 Å². The van der Waals surface area contributed by atoms with Gasteiger partial charge >= 0.3 is 5.97 Å². The normalized spacial score (nSPS) is 20.1. The van der Waals surface area contributed by atoms with Crippen molar-refractivity contribution in [3.8, 4) is 0 Å². The Morgan fingerprint density at radius 2 is 1.84 bits per heavy atom. The van der Waals surface area contributed by atoms with Crippen LogP contribution in [0.1, 0.15) is 47.0 Å². The Bertz CT molecular complexity index is 271. The molecular weight excluding hydrogens is 240 g/mol. The van der Waals surface area contributed by atoms with Crippen LogP contribution in [-0.2, 0) is 4.79 Å². The Hall–Kier alpha value is -0.610. The largest absolute Gasteiger partial charge is 0.480 e. The Labute approximate surface area is 117 Å². The van der Waals surface area contributed by atoms with Gasteiger partial charge in [0, 0.05) is 12.6 Å². The second kappa shape index (κ2) is 7.85. The van der Waals surface area contributed by atoms with Crippen LogP contribution in [0.4, 0.5) is 0 Å². The molecule has 112 valence electrons. The molecule has 1 rings (SSSR count). The lowest BCUT2D eigenvalue weighted by Crippen LogP contribution is -2.44. The second-order valence-electron chi connectivity index (χ2n) is 6.42. The summed E-state index contributed by atoms with van der Waals surface area (Å²) in [6.07, 6.45) is 3.21. The summed E-state index contributed by atoms with van der Waals surface area (Å²) in [5.41, 5.74) is 0. The van der Waals surface area contributed by atoms with Crippen LogP contribution in [0.25, 0.3) is 0 Å². The van der Waals surface area contributed by atoms with Crippen LogP contribution < -0.4 is 5.32 Å². The molecule has 1 atom stereocenters. The van der Waals surface area contributed by atoms with Crippen molar-refractivity contribution in [3.63, 3.8) is 0 Å². The van der Waals surface area contributed by atoms with E-state index in [9.17, 15) is 9.90 Å². The number of carboxylic acids is 1. The third kappa shape index (κ3) is 5.91. The molecule has 0 saturated carbocycles. The van der Waals surface area contributed by atoms with E-state index >= 15 is 0 Å². The molecule has 0 bridgehead atoms. The molecule has 1 aliphatic heterocycles. The minimum absolute atomic E-state index is 0.216. The van der Waals surface area contributed by atoms with Gasteiger partial charge < -0.3 is 15.3 Å². The SMILES string of the molecule is CC(C)NC(CCN1CCC(C(C)C)CC1)C(=O)O. The topological polar surface area (TPSA) is 52.6 Å². The molecule has 4 heteroatoms. The molecule has 0 spiro atoms. The highest BCUT2D eigenvalue weighted by atomic mass is 16.4. The quantitative estimate of drug-likeness (QED) is 0.744. The van der Waals surface area contributed by atoms with E-state index in [0.29, 0.717) is 6.42 Å². The Morgan fingerprint density at radius 3 is 2.26 bits per heavy atom. The van der Waals surface area contributed by atoms with Gasteiger partial charge in [0.25, 0.3) is 0 Å². The average Bonchev–Trinajstić information content (AvgIpc) is 2.34. The number of piperidine rings is 1. The highest BCUT2D eigenvalue weighted by Crippen LogP contribution is 2.24. The summed E-state index contributed by atoms with van der Waals surface area (Å²) in [4.78, 5) is 13.6. The fourth-order valence-corrected chi connectivity index (χ4v) is 2.84. The van der Waals surface area contributed by atoms with E-state index in [0.717, 1.165) is 31.5 Å². The molecule has 1 aliphatic rings. The van der Waals surface area contributed by atoms with E-state index in [1.807, 2.05) is 13.8 Å². The van der Waals surface area contributed by atoms with Crippen molar-refractivity contribution in [2.24, 2.45) is 11.8 Å². The monoisotopic (exact) mass is 270 g/mol. The molecule has 2 N–H and O–H groups in total. The van der Waals surface area contributed by atoms with Gasteiger partial charge in [-0.2, -0.15) is 0 Å². The molecule has 1 heterocycles. The number of rotatable bonds is 7. The van der Waals surface area contributed by atoms with Crippen molar-refractivity contribution in [1.82, 2.24) is 10.2 Å². The number of nitrogens with one attached hydrogen (secondary N) is 1. The standard InChI is InChI=1S/C15H30N2O2/c1-11(2)13-5-8-17(9-6-13)10-7-14(15(18)19)16-12(3)4/h11-14,16H,5-10H2,1-4H3,(H,18,19). The molecule has 1 saturated heterocycles. The van der Waals surface area contributed by atoms with Gasteiger partial charge in [0.1, 0.15) is 6.04 Å². The molecule has 0 aromatic heterocycles. The van der Waals surface area contributed by atoms with Gasteiger partial charge in [-0.3, -0.25) is 4.79 Å². The van der Waals surface area contributed by atoms with Gasteiger partial charge in [0.05, 0.1) is 0 Å². The van der Waals surface area contributed by atoms with E-state index in [2.05, 4.69) is 24.1 Å². The Morgan fingerprint density at radius 1 is 1.26 bits per heavy atom. The number of hydrogen-bond donors (Lipinski definition) is 2. The summed E-state index contributed by atoms with van der Waals surface area (Å²) in [5, 5.41) is 12.3. The van der Waals surface area contributed by atoms with Crippen molar-refractivity contribution < 1.29 is 9.90 Å². The minimum Gasteiger partial charge on any atom is -0.480 e. The van der Waals surface area contributed by atoms with E-state index in [1.54, 1.807) is 0 Å². The summed E-state index contributed by atoms with van der Waals surface area (Å²) in [6, 6.07) is -0.199. The third-order valence-electron chi connectivity index (χ3n) is 4.14. The summed E-state index contributed by atoms with van der Waals surface area (Å²) in [7, 11) is 0. The van der Waals surface area contributed by atoms with Crippen LogP contribution in [0.3, 0.4) is 0 Å². The first-order valence-corrected chi connectivity index (χ1v) is 7.61. The zero-order chi connectivity index (χ0) is 14.4. The smallest absolute Gasteiger partial charge is 0.320 e. The molecule has 0 aliphatic carbocycles. The zero-order valence-electron chi connectivity index (χ0n) is 12.9. The fourth-order valence-electron chi connectivity index (χ4n) is 2.84. The third-order valence-corrected chi connectivity index (χ3v) is 4.14. The van der Waals surface area contributed by atoms with Crippen molar-refractivity contribution >= 4 is 5.97 Å². The zero-order valence-corrected chi connectivity index (χ0v) is 12.9. The van der Waals surface area contributed by atoms with Crippen LogP contribution in [0.15, 0.2) is 0 Å². The maximum absolute atomic E-state index is 11.2. The van der Waals surface area contributed by atoms with E-state index in [4.69, 9.17) is 0 Å². The lowest BCUT2D eigenvalue weighted by atomic mass is 9.86. The van der Waals surface area contributed by atoms with Crippen LogP contribution in [0, 0.1) is 11.8 Å². The average molecular weight is 270 g/mol. The highest BCUT2D eigenvalue weighted by Gasteiger charge is 2.23. The molecule has 0 radical (unpaired) electrons. The molecule has 4 nitrogen and oxygen atoms in total. The summed E-state index contributed by atoms with van der Waals surface area (Å²) >= 11 is 0. The molecule has 0 amide bonds. The number of nitrogens with zero attached hydrogens (tertiary/aromatic N) is 1. The van der Waals surface area contributed by atoms with Gasteiger partial charge in [0.2, 0.25) is 0 Å². The summed E-state index contributed by atoms with van der Waals surface area (Å²) < 4.78 is 0. The lowest BCUT2D eigenvalue weighted by Gasteiger charge is -2.34. The van der Waals surface area contributed by atoms with E-state index in [-0.39, 0.29) is 6.04 Å². The molecule has 1 unspecified atom stereocenters. The van der Waals surface area contributed by atoms with Crippen LogP contribution in [0.5, 0.6) is 0 Å². The van der Waals surface area contributed by atoms with Crippen molar-refractivity contribution in [3.05, 3.63) is 0 Å². The lowest BCUT2D eigenvalue weighted by molar-refractivity contribution is -0.140. The van der Waals surface area contributed by atoms with Crippen LogP contribution >= 0.6 is 0 Å². The fraction of sp³-hybridized carbons (Fsp3) is 0.933. The van der Waals surface area contributed by atoms with Crippen molar-refractivity contribution in [1.29, 1.82) is 0 Å². The van der Waals surface area contributed by atoms with Gasteiger partial charge in [-0.05, 0) is 44.2 Å². The first-order valence-electron chi connectivity index (χ1n) is 7.61. The number of carboxylic acid groups (broad SMARTS) is 1. The Balaban J connectivity index is 2.30. The summed E-state index contributed by atoms with van der Waals surface area (Å²) in [6.45, 7) is 11.7. The maximum Gasteiger partial charge on any atom is 0.320 e. The number of likely N-dealkylation sites (tertiary alicyclic amines) is 1. The van der Waals surface area contributed by atoms with Crippen molar-refractivity contribution in [2.75, 3.05) is 19.6 Å². The second-order valence-corrected chi connectivity index (χ2v) is 6.42. The number of hydrogen-bond acceptors (Lipinski definition) is 3. The summed E-state index contributed by atoms with van der Waals surface area (Å²) in [5.74, 6) is 0.891. The molecular formula is C15H30N2O2. The molecule has 0 aromatic rings. The Kier molecular flexibility index (Phi) is 6.80. The minimum atomic E-state index is -0.731. The van der Waals surface area contributed by atoms with Gasteiger partial charge in [-0.25, -0.2) is 0 Å². The molecule has 19 heavy (non-hydrogen) atoms. The van der Waals surface area contributed by atoms with Gasteiger partial charge in [-0.1, -0.05) is 27.7 Å². The molecule has 1 fully saturated rings. The maximum atomic E-state index is 11.2. The van der Waals surface area contributed by atoms with Gasteiger partial charge in [0.15, 0.2) is 0 Å². The van der Waals surface area contributed by atoms with Gasteiger partial charge in [-0.15, -0.1) is 0 Å². The van der Waals surface area contributed by atoms with E-state index in [1.165, 1.54) is 12.8 Å². The predicted octanol–water partition coefficient (Wildman–Crippen LogP) is 2.20. The highest BCUT2D eigenvalue weighted by molar-refractivity contribution is 5.73. The number of carbonyl (C=O) groups is 1.